The third-order valence-corrected chi connectivity index (χ3v) is 5.97. The molecule has 0 spiro atoms. The van der Waals surface area contributed by atoms with Crippen molar-refractivity contribution in [3.63, 3.8) is 0 Å². The van der Waals surface area contributed by atoms with Gasteiger partial charge in [-0.25, -0.2) is 9.59 Å². The van der Waals surface area contributed by atoms with Gasteiger partial charge < -0.3 is 10.2 Å². The maximum atomic E-state index is 11.3. The van der Waals surface area contributed by atoms with Crippen LogP contribution in [0, 0.1) is 3.57 Å². The van der Waals surface area contributed by atoms with Crippen LogP contribution < -0.4 is 0 Å². The van der Waals surface area contributed by atoms with Crippen molar-refractivity contribution in [1.29, 1.82) is 0 Å². The average Bonchev–Trinajstić information content (AvgIpc) is 2.33. The quantitative estimate of drug-likeness (QED) is 0.336. The molecule has 0 saturated carbocycles. The van der Waals surface area contributed by atoms with Crippen molar-refractivity contribution in [2.45, 2.75) is 9.79 Å². The number of hydrogen-bond donors (Lipinski definition) is 4. The highest BCUT2D eigenvalue weighted by atomic mass is 127. The molecule has 0 radical (unpaired) electrons. The molecular formula is C8H5IO11S2. The molecule has 0 bridgehead atoms. The molecule has 11 nitrogen and oxygen atoms in total. The van der Waals surface area contributed by atoms with Crippen molar-refractivity contribution in [3.8, 4) is 0 Å². The number of rotatable bonds is 5. The molecule has 0 amide bonds. The second-order valence-corrected chi connectivity index (χ2v) is 7.85. The van der Waals surface area contributed by atoms with Crippen LogP contribution in [-0.2, 0) is 23.3 Å². The van der Waals surface area contributed by atoms with E-state index >= 15 is 0 Å². The molecule has 0 aliphatic carbocycles. The second-order valence-electron chi connectivity index (χ2n) is 3.58. The van der Waals surface area contributed by atoms with Crippen molar-refractivity contribution in [2.24, 2.45) is 0 Å². The molecule has 22 heavy (non-hydrogen) atoms. The summed E-state index contributed by atoms with van der Waals surface area (Å²) in [6, 6.07) is 0.156. The van der Waals surface area contributed by atoms with E-state index in [-0.39, 0.29) is 6.07 Å². The zero-order chi connectivity index (χ0) is 17.5. The monoisotopic (exact) mass is 468 g/mol. The molecule has 1 aromatic carbocycles. The van der Waals surface area contributed by atoms with Crippen molar-refractivity contribution in [2.75, 3.05) is 0 Å². The van der Waals surface area contributed by atoms with Gasteiger partial charge >= 0.3 is 11.9 Å². The Kier molecular flexibility index (Phi) is 5.02. The van der Waals surface area contributed by atoms with E-state index in [1.165, 1.54) is 0 Å². The molecule has 4 N–H and O–H groups in total. The van der Waals surface area contributed by atoms with Gasteiger partial charge in [0.2, 0.25) is 0 Å². The molecule has 122 valence electrons. The molecule has 0 unspecified atom stereocenters. The van der Waals surface area contributed by atoms with Crippen LogP contribution in [0.1, 0.15) is 20.7 Å². The summed E-state index contributed by atoms with van der Waals surface area (Å²) in [5.41, 5.74) is -2.73. The fourth-order valence-electron chi connectivity index (χ4n) is 1.49. The van der Waals surface area contributed by atoms with Crippen LogP contribution in [0.2, 0.25) is 0 Å². The van der Waals surface area contributed by atoms with Gasteiger partial charge in [0.25, 0.3) is 20.2 Å². The lowest BCUT2D eigenvalue weighted by atomic mass is 10.1. The predicted octanol–water partition coefficient (Wildman–Crippen LogP) is 0.0622. The van der Waals surface area contributed by atoms with Gasteiger partial charge in [-0.1, -0.05) is 0 Å². The Hall–Kier alpha value is -1.49. The maximum absolute atomic E-state index is 11.3. The highest BCUT2D eigenvalue weighted by molar-refractivity contribution is 14.1. The van der Waals surface area contributed by atoms with Gasteiger partial charge in [0.05, 0.1) is 9.13 Å². The van der Waals surface area contributed by atoms with E-state index in [4.69, 9.17) is 19.3 Å². The third-order valence-electron chi connectivity index (χ3n) is 2.24. The van der Waals surface area contributed by atoms with Crippen LogP contribution in [0.15, 0.2) is 15.9 Å². The van der Waals surface area contributed by atoms with E-state index in [9.17, 15) is 29.5 Å². The van der Waals surface area contributed by atoms with Gasteiger partial charge in [0.1, 0.15) is 15.4 Å². The van der Waals surface area contributed by atoms with E-state index in [1.807, 2.05) is 0 Å². The van der Waals surface area contributed by atoms with Crippen molar-refractivity contribution in [1.82, 2.24) is 0 Å². The molecule has 0 atom stereocenters. The first-order chi connectivity index (χ1) is 9.82. The molecule has 1 aromatic rings. The summed E-state index contributed by atoms with van der Waals surface area (Å²) < 4.78 is 73.0. The fraction of sp³-hybridized carbons (Fsp3) is 0. The molecule has 14 heteroatoms. The number of aromatic carboxylic acids is 2. The first-order valence-corrected chi connectivity index (χ1v) is 9.56. The second kappa shape index (κ2) is 5.95. The van der Waals surface area contributed by atoms with Gasteiger partial charge in [-0.3, -0.25) is 12.2 Å². The zero-order valence-corrected chi connectivity index (χ0v) is 13.7. The number of benzene rings is 1. The molecule has 0 heterocycles. The molecule has 0 saturated heterocycles. The fourth-order valence-corrected chi connectivity index (χ4v) is 5.20. The summed E-state index contributed by atoms with van der Waals surface area (Å²) in [5, 5.41) is 17.8. The average molecular weight is 468 g/mol. The minimum atomic E-state index is -5.45. The highest BCUT2D eigenvalue weighted by Gasteiger charge is 2.35. The Morgan fingerprint density at radius 1 is 0.955 bits per heavy atom. The zero-order valence-electron chi connectivity index (χ0n) is 9.92. The predicted molar refractivity (Wildman–Crippen MR) is 73.4 cm³/mol. The smallest absolute Gasteiger partial charge is 0.338 e. The van der Waals surface area contributed by atoms with E-state index < -0.39 is 77.9 Å². The van der Waals surface area contributed by atoms with Crippen LogP contribution in [0.3, 0.4) is 0 Å². The van der Waals surface area contributed by atoms with Gasteiger partial charge in [0, 0.05) is 0 Å². The Morgan fingerprint density at radius 2 is 1.45 bits per heavy atom. The molecule has 0 aliphatic rings. The summed E-state index contributed by atoms with van der Waals surface area (Å²) in [5.74, 6) is -4.13. The van der Waals surface area contributed by atoms with Gasteiger partial charge in [-0.2, -0.15) is 16.8 Å². The van der Waals surface area contributed by atoms with Crippen molar-refractivity contribution in [3.05, 3.63) is 20.8 Å². The summed E-state index contributed by atoms with van der Waals surface area (Å²) in [7, 11) is -10.8. The molecule has 0 aliphatic heterocycles. The lowest BCUT2D eigenvalue weighted by Crippen LogP contribution is -2.19. The van der Waals surface area contributed by atoms with E-state index in [1.54, 1.807) is 0 Å². The van der Waals surface area contributed by atoms with E-state index in [0.717, 1.165) is 0 Å². The minimum absolute atomic E-state index is 0.156. The largest absolute Gasteiger partial charge is 0.478 e. The first-order valence-electron chi connectivity index (χ1n) is 4.72. The van der Waals surface area contributed by atoms with Crippen molar-refractivity contribution < 1.29 is 48.8 Å². The summed E-state index contributed by atoms with van der Waals surface area (Å²) in [6.45, 7) is 0. The van der Waals surface area contributed by atoms with E-state index in [2.05, 4.69) is 0 Å². The lowest BCUT2D eigenvalue weighted by Gasteiger charge is -2.12. The van der Waals surface area contributed by atoms with Gasteiger partial charge in [0.15, 0.2) is 21.2 Å². The maximum Gasteiger partial charge on any atom is 0.338 e. The van der Waals surface area contributed by atoms with Crippen LogP contribution in [-0.4, -0.2) is 48.1 Å². The van der Waals surface area contributed by atoms with Crippen LogP contribution in [0.4, 0.5) is 0 Å². The molecule has 0 fully saturated rings. The summed E-state index contributed by atoms with van der Waals surface area (Å²) in [4.78, 5) is 18.9. The topological polar surface area (TPSA) is 200 Å². The number of carbonyl (C=O) groups is 2. The standard InChI is InChI=1S/C8H5IO11S2/c10-7(11)2-1-3(21(15,16)17)4(8(12)13)6(5(2)9-14)22(18,19)20/h1H,(H,10,11)(H,12,13)(H,15,16,17)(H,18,19,20). The molecule has 0 aromatic heterocycles. The third kappa shape index (κ3) is 3.46. The Bertz CT molecular complexity index is 897. The minimum Gasteiger partial charge on any atom is -0.478 e. The van der Waals surface area contributed by atoms with Crippen LogP contribution in [0.25, 0.3) is 0 Å². The lowest BCUT2D eigenvalue weighted by molar-refractivity contribution is 0.0672. The SMILES string of the molecule is O=Ic1c(C(=O)O)cc(S(=O)(=O)O)c(C(=O)O)c1S(=O)(=O)O. The Balaban J connectivity index is 4.35. The Labute approximate surface area is 132 Å². The van der Waals surface area contributed by atoms with E-state index in [0.29, 0.717) is 0 Å². The highest BCUT2D eigenvalue weighted by Crippen LogP contribution is 2.33. The number of hydrogen-bond acceptors (Lipinski definition) is 7. The molecule has 1 rings (SSSR count). The Morgan fingerprint density at radius 3 is 1.73 bits per heavy atom. The normalized spacial score (nSPS) is 12.1. The van der Waals surface area contributed by atoms with Crippen LogP contribution >= 0.6 is 21.2 Å². The van der Waals surface area contributed by atoms with Gasteiger partial charge in [-0.05, 0) is 6.07 Å². The number of carboxylic acids is 2. The van der Waals surface area contributed by atoms with Crippen molar-refractivity contribution >= 4 is 53.4 Å². The van der Waals surface area contributed by atoms with Crippen LogP contribution in [0.5, 0.6) is 0 Å². The summed E-state index contributed by atoms with van der Waals surface area (Å²) in [6.07, 6.45) is 0. The first kappa shape index (κ1) is 18.6. The number of carboxylic acid groups (broad SMARTS) is 2. The summed E-state index contributed by atoms with van der Waals surface area (Å²) >= 11 is -2.64. The number of halogens is 1. The molecular weight excluding hydrogens is 463 g/mol. The van der Waals surface area contributed by atoms with Gasteiger partial charge in [-0.15, -0.1) is 0 Å².